The summed E-state index contributed by atoms with van der Waals surface area (Å²) in [4.78, 5) is 17.2. The summed E-state index contributed by atoms with van der Waals surface area (Å²) < 4.78 is 18.3. The third-order valence-electron chi connectivity index (χ3n) is 5.45. The molecular weight excluding hydrogens is 361 g/mol. The van der Waals surface area contributed by atoms with Crippen LogP contribution >= 0.6 is 0 Å². The Morgan fingerprint density at radius 3 is 2.68 bits per heavy atom. The normalized spacial score (nSPS) is 18.5. The fourth-order valence-electron chi connectivity index (χ4n) is 3.80. The van der Waals surface area contributed by atoms with Crippen molar-refractivity contribution in [1.82, 2.24) is 15.0 Å². The van der Waals surface area contributed by atoms with Crippen molar-refractivity contribution in [1.29, 1.82) is 0 Å². The van der Waals surface area contributed by atoms with Crippen LogP contribution in [0.4, 0.5) is 4.39 Å². The Balaban J connectivity index is 1.78. The van der Waals surface area contributed by atoms with Gasteiger partial charge in [0.2, 0.25) is 0 Å². The molecule has 1 atom stereocenters. The molecule has 6 nitrogen and oxygen atoms in total. The van der Waals surface area contributed by atoms with Crippen LogP contribution in [0.2, 0.25) is 0 Å². The molecular formula is C21H28FN3O3. The van der Waals surface area contributed by atoms with E-state index in [4.69, 9.17) is 4.52 Å². The van der Waals surface area contributed by atoms with Crippen LogP contribution < -0.4 is 0 Å². The molecule has 7 heteroatoms. The van der Waals surface area contributed by atoms with E-state index in [1.54, 1.807) is 6.92 Å². The zero-order chi connectivity index (χ0) is 20.3. The maximum absolute atomic E-state index is 13.2. The smallest absolute Gasteiger partial charge is 0.276 e. The maximum atomic E-state index is 13.2. The summed E-state index contributed by atoms with van der Waals surface area (Å²) in [7, 11) is 0. The molecule has 0 bridgehead atoms. The van der Waals surface area contributed by atoms with Gasteiger partial charge in [0.05, 0.1) is 12.2 Å². The van der Waals surface area contributed by atoms with E-state index in [9.17, 15) is 14.3 Å². The highest BCUT2D eigenvalue weighted by Crippen LogP contribution is 2.23. The number of aliphatic hydroxyl groups is 1. The van der Waals surface area contributed by atoms with Crippen LogP contribution in [0, 0.1) is 18.7 Å². The molecule has 1 aromatic heterocycles. The zero-order valence-corrected chi connectivity index (χ0v) is 16.7. The number of rotatable bonds is 5. The molecule has 3 rings (SSSR count). The minimum atomic E-state index is -0.269. The summed E-state index contributed by atoms with van der Waals surface area (Å²) in [6, 6.07) is 6.76. The van der Waals surface area contributed by atoms with E-state index in [2.05, 4.69) is 23.9 Å². The first-order valence-electron chi connectivity index (χ1n) is 9.74. The average Bonchev–Trinajstić information content (AvgIpc) is 2.91. The highest BCUT2D eigenvalue weighted by molar-refractivity contribution is 5.93. The van der Waals surface area contributed by atoms with Gasteiger partial charge in [0.15, 0.2) is 5.69 Å². The Morgan fingerprint density at radius 2 is 2.04 bits per heavy atom. The molecule has 1 unspecified atom stereocenters. The molecule has 1 N–H and O–H groups in total. The van der Waals surface area contributed by atoms with E-state index < -0.39 is 0 Å². The van der Waals surface area contributed by atoms with Crippen LogP contribution in [-0.4, -0.2) is 51.6 Å². The minimum absolute atomic E-state index is 0.169. The van der Waals surface area contributed by atoms with Crippen molar-refractivity contribution in [2.24, 2.45) is 5.92 Å². The standard InChI is InChI=1S/C21H28FN3O3/c1-14(2)19-12-25(21(27)20-18(13-26)15(3)28-23-20)10-4-9-24(19)11-16-5-7-17(22)8-6-16/h5-8,14,19,26H,4,9-13H2,1-3H3. The van der Waals surface area contributed by atoms with Crippen LogP contribution in [0.25, 0.3) is 0 Å². The topological polar surface area (TPSA) is 69.8 Å². The third-order valence-corrected chi connectivity index (χ3v) is 5.45. The largest absolute Gasteiger partial charge is 0.391 e. The van der Waals surface area contributed by atoms with Gasteiger partial charge in [-0.1, -0.05) is 31.1 Å². The van der Waals surface area contributed by atoms with Crippen LogP contribution in [0.1, 0.15) is 47.6 Å². The molecule has 1 saturated heterocycles. The molecule has 1 fully saturated rings. The van der Waals surface area contributed by atoms with Crippen molar-refractivity contribution in [2.45, 2.75) is 46.4 Å². The van der Waals surface area contributed by atoms with Crippen molar-refractivity contribution in [3.8, 4) is 0 Å². The van der Waals surface area contributed by atoms with Gasteiger partial charge in [-0.05, 0) is 37.0 Å². The molecule has 152 valence electrons. The number of carbonyl (C=O) groups excluding carboxylic acids is 1. The molecule has 1 aliphatic heterocycles. The number of nitrogens with zero attached hydrogens (tertiary/aromatic N) is 3. The molecule has 2 heterocycles. The monoisotopic (exact) mass is 389 g/mol. The number of benzene rings is 1. The van der Waals surface area contributed by atoms with E-state index in [1.165, 1.54) is 12.1 Å². The number of hydrogen-bond acceptors (Lipinski definition) is 5. The minimum Gasteiger partial charge on any atom is -0.391 e. The molecule has 2 aromatic rings. The van der Waals surface area contributed by atoms with Crippen molar-refractivity contribution >= 4 is 5.91 Å². The van der Waals surface area contributed by atoms with E-state index in [-0.39, 0.29) is 30.1 Å². The zero-order valence-electron chi connectivity index (χ0n) is 16.7. The van der Waals surface area contributed by atoms with E-state index in [0.29, 0.717) is 30.3 Å². The summed E-state index contributed by atoms with van der Waals surface area (Å²) in [5.74, 6) is 0.374. The van der Waals surface area contributed by atoms with Crippen molar-refractivity contribution < 1.29 is 18.8 Å². The Morgan fingerprint density at radius 1 is 1.32 bits per heavy atom. The highest BCUT2D eigenvalue weighted by Gasteiger charge is 2.32. The van der Waals surface area contributed by atoms with Crippen molar-refractivity contribution in [2.75, 3.05) is 19.6 Å². The first-order valence-corrected chi connectivity index (χ1v) is 9.74. The van der Waals surface area contributed by atoms with Gasteiger partial charge in [-0.15, -0.1) is 0 Å². The summed E-state index contributed by atoms with van der Waals surface area (Å²) >= 11 is 0. The Labute approximate surface area is 164 Å². The second kappa shape index (κ2) is 8.84. The van der Waals surface area contributed by atoms with Crippen LogP contribution in [0.15, 0.2) is 28.8 Å². The molecule has 1 aromatic carbocycles. The number of halogens is 1. The summed E-state index contributed by atoms with van der Waals surface area (Å²) in [5.41, 5.74) is 1.72. The number of carbonyl (C=O) groups is 1. The Kier molecular flexibility index (Phi) is 6.46. The Bertz CT molecular complexity index is 804. The second-order valence-electron chi connectivity index (χ2n) is 7.74. The molecule has 0 radical (unpaired) electrons. The van der Waals surface area contributed by atoms with Gasteiger partial charge in [0, 0.05) is 32.2 Å². The van der Waals surface area contributed by atoms with Gasteiger partial charge in [0.1, 0.15) is 11.6 Å². The van der Waals surface area contributed by atoms with Crippen LogP contribution in [-0.2, 0) is 13.2 Å². The quantitative estimate of drug-likeness (QED) is 0.851. The molecule has 0 saturated carbocycles. The molecule has 1 aliphatic rings. The molecule has 1 amide bonds. The third kappa shape index (κ3) is 4.42. The van der Waals surface area contributed by atoms with E-state index in [0.717, 1.165) is 25.1 Å². The maximum Gasteiger partial charge on any atom is 0.276 e. The number of aryl methyl sites for hydroxylation is 1. The lowest BCUT2D eigenvalue weighted by Crippen LogP contribution is -2.45. The fourth-order valence-corrected chi connectivity index (χ4v) is 3.80. The number of hydrogen-bond donors (Lipinski definition) is 1. The Hall–Kier alpha value is -2.25. The van der Waals surface area contributed by atoms with Crippen LogP contribution in [0.5, 0.6) is 0 Å². The molecule has 0 aliphatic carbocycles. The summed E-state index contributed by atoms with van der Waals surface area (Å²) in [6.45, 7) is 8.50. The van der Waals surface area contributed by atoms with Gasteiger partial charge in [-0.2, -0.15) is 0 Å². The van der Waals surface area contributed by atoms with Gasteiger partial charge < -0.3 is 14.5 Å². The predicted molar refractivity (Wildman–Crippen MR) is 103 cm³/mol. The van der Waals surface area contributed by atoms with Crippen molar-refractivity contribution in [3.63, 3.8) is 0 Å². The van der Waals surface area contributed by atoms with Gasteiger partial charge in [0.25, 0.3) is 5.91 Å². The lowest BCUT2D eigenvalue weighted by molar-refractivity contribution is 0.0689. The van der Waals surface area contributed by atoms with Gasteiger partial charge in [-0.3, -0.25) is 9.69 Å². The van der Waals surface area contributed by atoms with Crippen LogP contribution in [0.3, 0.4) is 0 Å². The number of amides is 1. The fraction of sp³-hybridized carbons (Fsp3) is 0.524. The summed E-state index contributed by atoms with van der Waals surface area (Å²) in [6.07, 6.45) is 0.835. The number of aliphatic hydroxyl groups excluding tert-OH is 1. The van der Waals surface area contributed by atoms with Gasteiger partial charge in [-0.25, -0.2) is 4.39 Å². The van der Waals surface area contributed by atoms with Crippen molar-refractivity contribution in [3.05, 3.63) is 52.7 Å². The summed E-state index contributed by atoms with van der Waals surface area (Å²) in [5, 5.41) is 13.4. The van der Waals surface area contributed by atoms with E-state index in [1.807, 2.05) is 17.0 Å². The van der Waals surface area contributed by atoms with Gasteiger partial charge >= 0.3 is 0 Å². The lowest BCUT2D eigenvalue weighted by atomic mass is 10.0. The first-order chi connectivity index (χ1) is 13.4. The first kappa shape index (κ1) is 20.5. The highest BCUT2D eigenvalue weighted by atomic mass is 19.1. The van der Waals surface area contributed by atoms with E-state index >= 15 is 0 Å². The average molecular weight is 389 g/mol. The lowest BCUT2D eigenvalue weighted by Gasteiger charge is -2.34. The predicted octanol–water partition coefficient (Wildman–Crippen LogP) is 2.99. The number of aromatic nitrogens is 1. The SMILES string of the molecule is Cc1onc(C(=O)N2CCCN(Cc3ccc(F)cc3)C(C(C)C)C2)c1CO. The molecule has 0 spiro atoms. The molecule has 28 heavy (non-hydrogen) atoms. The second-order valence-corrected chi connectivity index (χ2v) is 7.74.